The fourth-order valence-corrected chi connectivity index (χ4v) is 2.58. The number of hydrogen-bond donors (Lipinski definition) is 2. The van der Waals surface area contributed by atoms with Crippen molar-refractivity contribution in [3.8, 4) is 0 Å². The maximum atomic E-state index is 5.84. The molecule has 2 aromatic rings. The summed E-state index contributed by atoms with van der Waals surface area (Å²) in [6.07, 6.45) is 2.26. The molecular weight excluding hydrogens is 479 g/mol. The molecule has 162 valence electrons. The summed E-state index contributed by atoms with van der Waals surface area (Å²) >= 11 is 0. The van der Waals surface area contributed by atoms with Crippen molar-refractivity contribution in [1.82, 2.24) is 25.4 Å². The van der Waals surface area contributed by atoms with Crippen LogP contribution in [0.5, 0.6) is 0 Å². The number of benzene rings is 1. The molecule has 0 aliphatic carbocycles. The minimum absolute atomic E-state index is 0. The Kier molecular flexibility index (Phi) is 12.5. The minimum Gasteiger partial charge on any atom is -0.376 e. The number of guanidine groups is 1. The van der Waals surface area contributed by atoms with E-state index in [1.165, 1.54) is 5.56 Å². The van der Waals surface area contributed by atoms with Crippen LogP contribution in [0.25, 0.3) is 0 Å². The van der Waals surface area contributed by atoms with Crippen molar-refractivity contribution in [3.63, 3.8) is 0 Å². The molecule has 7 nitrogen and oxygen atoms in total. The number of nitrogens with zero attached hydrogens (tertiary/aromatic N) is 4. The molecule has 8 heteroatoms. The molecule has 1 aromatic heterocycles. The molecule has 0 aliphatic heterocycles. The van der Waals surface area contributed by atoms with Crippen LogP contribution in [0.1, 0.15) is 43.9 Å². The van der Waals surface area contributed by atoms with Crippen LogP contribution in [0.15, 0.2) is 35.3 Å². The molecule has 1 aromatic carbocycles. The highest BCUT2D eigenvalue weighted by Crippen LogP contribution is 2.03. The van der Waals surface area contributed by atoms with Crippen molar-refractivity contribution in [3.05, 3.63) is 47.5 Å². The van der Waals surface area contributed by atoms with Gasteiger partial charge >= 0.3 is 0 Å². The molecular formula is C21H35IN6O. The van der Waals surface area contributed by atoms with Gasteiger partial charge in [-0.05, 0) is 24.8 Å². The topological polar surface area (TPSA) is 76.4 Å². The molecule has 1 heterocycles. The number of unbranched alkanes of at least 4 members (excludes halogenated alkanes) is 1. The Labute approximate surface area is 191 Å². The predicted octanol–water partition coefficient (Wildman–Crippen LogP) is 3.43. The van der Waals surface area contributed by atoms with Crippen molar-refractivity contribution < 1.29 is 4.74 Å². The highest BCUT2D eigenvalue weighted by atomic mass is 127. The fourth-order valence-electron chi connectivity index (χ4n) is 2.58. The van der Waals surface area contributed by atoms with Gasteiger partial charge in [-0.15, -0.1) is 34.2 Å². The Morgan fingerprint density at radius 2 is 1.97 bits per heavy atom. The maximum absolute atomic E-state index is 5.84. The summed E-state index contributed by atoms with van der Waals surface area (Å²) in [6, 6.07) is 10.3. The molecule has 0 spiro atoms. The molecule has 0 saturated carbocycles. The standard InChI is InChI=1S/C21H34N6O.HI/c1-5-6-12-22-21(24-14-20-26-25-18(3)27(20)4)23-13-17(2)15-28-16-19-10-8-7-9-11-19;/h7-11,17H,5-6,12-16H2,1-4H3,(H2,22,23,24);1H. The average Bonchev–Trinajstić information content (AvgIpc) is 3.02. The lowest BCUT2D eigenvalue weighted by atomic mass is 10.2. The van der Waals surface area contributed by atoms with Crippen molar-refractivity contribution in [2.24, 2.45) is 18.0 Å². The third-order valence-corrected chi connectivity index (χ3v) is 4.52. The molecule has 29 heavy (non-hydrogen) atoms. The number of rotatable bonds is 11. The zero-order valence-electron chi connectivity index (χ0n) is 18.0. The van der Waals surface area contributed by atoms with Crippen LogP contribution < -0.4 is 10.6 Å². The van der Waals surface area contributed by atoms with Crippen molar-refractivity contribution in [2.75, 3.05) is 19.7 Å². The molecule has 0 amide bonds. The van der Waals surface area contributed by atoms with Crippen LogP contribution in [-0.2, 0) is 24.9 Å². The largest absolute Gasteiger partial charge is 0.376 e. The summed E-state index contributed by atoms with van der Waals surface area (Å²) in [7, 11) is 1.96. The Hall–Kier alpha value is -1.68. The molecule has 0 aliphatic rings. The van der Waals surface area contributed by atoms with E-state index >= 15 is 0 Å². The number of aromatic nitrogens is 3. The maximum Gasteiger partial charge on any atom is 0.191 e. The lowest BCUT2D eigenvalue weighted by Gasteiger charge is -2.16. The van der Waals surface area contributed by atoms with Crippen molar-refractivity contribution in [2.45, 2.75) is 46.8 Å². The minimum atomic E-state index is 0. The number of ether oxygens (including phenoxy) is 1. The number of aliphatic imine (C=N–C) groups is 1. The van der Waals surface area contributed by atoms with E-state index in [0.29, 0.717) is 25.7 Å². The Bertz CT molecular complexity index is 719. The summed E-state index contributed by atoms with van der Waals surface area (Å²) < 4.78 is 7.80. The van der Waals surface area contributed by atoms with Gasteiger partial charge in [0.25, 0.3) is 0 Å². The van der Waals surface area contributed by atoms with Crippen LogP contribution in [0.2, 0.25) is 0 Å². The molecule has 0 saturated heterocycles. The van der Waals surface area contributed by atoms with Crippen molar-refractivity contribution >= 4 is 29.9 Å². The van der Waals surface area contributed by atoms with E-state index in [2.05, 4.69) is 51.8 Å². The lowest BCUT2D eigenvalue weighted by Crippen LogP contribution is -2.40. The second-order valence-corrected chi connectivity index (χ2v) is 7.15. The average molecular weight is 514 g/mol. The normalized spacial score (nSPS) is 12.3. The van der Waals surface area contributed by atoms with Gasteiger partial charge in [0, 0.05) is 20.1 Å². The van der Waals surface area contributed by atoms with E-state index in [1.807, 2.05) is 36.7 Å². The monoisotopic (exact) mass is 514 g/mol. The van der Waals surface area contributed by atoms with Crippen molar-refractivity contribution in [1.29, 1.82) is 0 Å². The molecule has 0 fully saturated rings. The van der Waals surface area contributed by atoms with Crippen LogP contribution in [0, 0.1) is 12.8 Å². The van der Waals surface area contributed by atoms with Crippen LogP contribution in [0.3, 0.4) is 0 Å². The third kappa shape index (κ3) is 9.58. The van der Waals surface area contributed by atoms with Crippen LogP contribution in [-0.4, -0.2) is 40.4 Å². The van der Waals surface area contributed by atoms with E-state index in [1.54, 1.807) is 0 Å². The molecule has 1 atom stereocenters. The van der Waals surface area contributed by atoms with Gasteiger partial charge < -0.3 is 19.9 Å². The summed E-state index contributed by atoms with van der Waals surface area (Å²) in [5, 5.41) is 15.1. The molecule has 2 N–H and O–H groups in total. The van der Waals surface area contributed by atoms with Crippen LogP contribution in [0.4, 0.5) is 0 Å². The van der Waals surface area contributed by atoms with Gasteiger partial charge in [-0.2, -0.15) is 0 Å². The number of aryl methyl sites for hydroxylation is 1. The van der Waals surface area contributed by atoms with Crippen LogP contribution >= 0.6 is 24.0 Å². The smallest absolute Gasteiger partial charge is 0.191 e. The Morgan fingerprint density at radius 1 is 1.21 bits per heavy atom. The van der Waals surface area contributed by atoms with Gasteiger partial charge in [0.2, 0.25) is 0 Å². The van der Waals surface area contributed by atoms with E-state index in [9.17, 15) is 0 Å². The molecule has 0 radical (unpaired) electrons. The molecule has 1 unspecified atom stereocenters. The second-order valence-electron chi connectivity index (χ2n) is 7.15. The summed E-state index contributed by atoms with van der Waals surface area (Å²) in [6.45, 7) is 9.84. The Balaban J connectivity index is 0.00000420. The molecule has 0 bridgehead atoms. The van der Waals surface area contributed by atoms with E-state index in [-0.39, 0.29) is 24.0 Å². The van der Waals surface area contributed by atoms with Gasteiger partial charge in [-0.25, -0.2) is 4.99 Å². The highest BCUT2D eigenvalue weighted by molar-refractivity contribution is 14.0. The summed E-state index contributed by atoms with van der Waals surface area (Å²) in [5.74, 6) is 2.93. The quantitative estimate of drug-likeness (QED) is 0.208. The molecule has 2 rings (SSSR count). The highest BCUT2D eigenvalue weighted by Gasteiger charge is 2.07. The van der Waals surface area contributed by atoms with Gasteiger partial charge in [0.1, 0.15) is 12.4 Å². The second kappa shape index (κ2) is 14.3. The first-order chi connectivity index (χ1) is 13.6. The first-order valence-corrected chi connectivity index (χ1v) is 10.1. The first-order valence-electron chi connectivity index (χ1n) is 10.1. The number of hydrogen-bond acceptors (Lipinski definition) is 4. The Morgan fingerprint density at radius 3 is 2.62 bits per heavy atom. The van der Waals surface area contributed by atoms with E-state index in [0.717, 1.165) is 43.5 Å². The third-order valence-electron chi connectivity index (χ3n) is 4.52. The van der Waals surface area contributed by atoms with Gasteiger partial charge in [0.05, 0.1) is 13.2 Å². The SMILES string of the molecule is CCCCNC(=NCc1nnc(C)n1C)NCC(C)COCc1ccccc1.I. The van der Waals surface area contributed by atoms with Gasteiger partial charge in [-0.1, -0.05) is 50.6 Å². The van der Waals surface area contributed by atoms with Gasteiger partial charge in [-0.3, -0.25) is 0 Å². The van der Waals surface area contributed by atoms with Gasteiger partial charge in [0.15, 0.2) is 11.8 Å². The predicted molar refractivity (Wildman–Crippen MR) is 128 cm³/mol. The first kappa shape index (κ1) is 25.4. The zero-order valence-corrected chi connectivity index (χ0v) is 20.3. The number of nitrogens with one attached hydrogen (secondary N) is 2. The van der Waals surface area contributed by atoms with E-state index < -0.39 is 0 Å². The zero-order chi connectivity index (χ0) is 20.2. The van der Waals surface area contributed by atoms with E-state index in [4.69, 9.17) is 4.74 Å². The summed E-state index contributed by atoms with van der Waals surface area (Å²) in [4.78, 5) is 4.67. The summed E-state index contributed by atoms with van der Waals surface area (Å²) in [5.41, 5.74) is 1.20. The number of halogens is 1. The fraction of sp³-hybridized carbons (Fsp3) is 0.571. The lowest BCUT2D eigenvalue weighted by molar-refractivity contribution is 0.0931.